The number of cyclic esters (lactones) is 1. The third kappa shape index (κ3) is 10.4. The molecule has 3 saturated heterocycles. The van der Waals surface area contributed by atoms with Crippen molar-refractivity contribution in [1.82, 2.24) is 30.2 Å². The highest BCUT2D eigenvalue weighted by molar-refractivity contribution is 6.00. The number of Topliss-reactive ketones (excluding diaryl/α,β-unsaturated/α-hetero) is 2. The summed E-state index contributed by atoms with van der Waals surface area (Å²) < 4.78 is 31.1. The lowest BCUT2D eigenvalue weighted by atomic mass is 9.73. The molecule has 5 rings (SSSR count). The molecule has 0 unspecified atom stereocenters. The van der Waals surface area contributed by atoms with E-state index in [1.54, 1.807) is 79.2 Å². The lowest BCUT2D eigenvalue weighted by Crippen LogP contribution is -2.61. The number of nitrogens with zero attached hydrogens (tertiary/aromatic N) is 5. The average molecular weight is 867 g/mol. The van der Waals surface area contributed by atoms with Crippen molar-refractivity contribution >= 4 is 29.7 Å². The molecule has 17 heteroatoms. The number of esters is 1. The number of aromatic nitrogens is 2. The zero-order chi connectivity index (χ0) is 45.8. The Labute approximate surface area is 365 Å². The predicted molar refractivity (Wildman–Crippen MR) is 227 cm³/mol. The van der Waals surface area contributed by atoms with Gasteiger partial charge in [0.1, 0.15) is 35.6 Å². The SMILES string of the molecule is CC[C@H]1OC(=O)[C@H](C)C(=O)[C@H](C)[C@@H](O[C@@H]2O[C@H](C)C[C@H](N(C)C)[C@H]2O)[C@](C)(OC(=O)N(C)N(C)CCc2ccc(-c3cnccn3)cc2)C[C@@H](C)C(=O)[C@H](C)[C@H]2NC(=O)O[C@@]21C. The van der Waals surface area contributed by atoms with Crippen molar-refractivity contribution in [3.63, 3.8) is 0 Å². The Kier molecular flexibility index (Phi) is 15.5. The zero-order valence-electron chi connectivity index (χ0n) is 38.2. The van der Waals surface area contributed by atoms with E-state index in [0.717, 1.165) is 16.8 Å². The normalized spacial score (nSPS) is 34.8. The Morgan fingerprint density at radius 1 is 0.968 bits per heavy atom. The molecule has 3 aliphatic heterocycles. The number of rotatable bonds is 10. The van der Waals surface area contributed by atoms with E-state index >= 15 is 0 Å². The van der Waals surface area contributed by atoms with Crippen LogP contribution in [0.4, 0.5) is 9.59 Å². The quantitative estimate of drug-likeness (QED) is 0.147. The molecule has 0 bridgehead atoms. The highest BCUT2D eigenvalue weighted by Gasteiger charge is 2.58. The second-order valence-electron chi connectivity index (χ2n) is 18.0. The number of aliphatic hydroxyl groups excluding tert-OH is 1. The summed E-state index contributed by atoms with van der Waals surface area (Å²) in [6.45, 7) is 13.6. The second-order valence-corrected chi connectivity index (χ2v) is 18.0. The molecule has 0 aliphatic carbocycles. The molecule has 1 aromatic heterocycles. The van der Waals surface area contributed by atoms with Gasteiger partial charge in [0.05, 0.1) is 24.0 Å². The number of hydrogen-bond donors (Lipinski definition) is 2. The van der Waals surface area contributed by atoms with Crippen LogP contribution in [0, 0.1) is 23.7 Å². The standard InChI is InChI=1S/C45H66N6O11/c1-13-34-45(8)38(48-42(56)61-45)27(4)35(52)25(2)23-44(7,62-43(57)51(12)50(11)21-18-30-14-16-31(17-15-30)32-24-46-19-20-47-32)39(28(5)36(53)29(6)40(55)59-34)60-41-37(54)33(49(9)10)22-26(3)58-41/h14-17,19-20,24-29,33-34,37-39,41,54H,13,18,21-23H2,1-12H3,(H,48,56)/t25-,26-,27+,28+,29-,33+,34-,37-,38-,39-,41+,44-,45-/m1/s1. The van der Waals surface area contributed by atoms with Crippen LogP contribution in [-0.2, 0) is 44.5 Å². The van der Waals surface area contributed by atoms with Crippen LogP contribution in [0.1, 0.15) is 80.2 Å². The maximum atomic E-state index is 14.6. The van der Waals surface area contributed by atoms with Gasteiger partial charge in [0.15, 0.2) is 17.7 Å². The molecular formula is C45H66N6O11. The Morgan fingerprint density at radius 2 is 1.65 bits per heavy atom. The molecule has 342 valence electrons. The van der Waals surface area contributed by atoms with Crippen LogP contribution in [0.3, 0.4) is 0 Å². The molecule has 2 N–H and O–H groups in total. The van der Waals surface area contributed by atoms with Crippen molar-refractivity contribution < 1.29 is 52.8 Å². The third-order valence-corrected chi connectivity index (χ3v) is 13.1. The minimum atomic E-state index is -1.76. The smallest absolute Gasteiger partial charge is 0.424 e. The minimum Gasteiger partial charge on any atom is -0.458 e. The van der Waals surface area contributed by atoms with Gasteiger partial charge in [-0.15, -0.1) is 0 Å². The molecule has 1 aromatic carbocycles. The summed E-state index contributed by atoms with van der Waals surface area (Å²) in [5.41, 5.74) is -0.523. The van der Waals surface area contributed by atoms with Gasteiger partial charge in [-0.3, -0.25) is 24.4 Å². The zero-order valence-corrected chi connectivity index (χ0v) is 38.2. The molecule has 2 aromatic rings. The molecular weight excluding hydrogens is 801 g/mol. The van der Waals surface area contributed by atoms with Crippen LogP contribution in [0.5, 0.6) is 0 Å². The number of fused-ring (bicyclic) bond motifs is 1. The number of hydrazine groups is 1. The maximum Gasteiger partial charge on any atom is 0.424 e. The van der Waals surface area contributed by atoms with Crippen molar-refractivity contribution in [3.05, 3.63) is 48.4 Å². The average Bonchev–Trinajstić information content (AvgIpc) is 3.56. The lowest BCUT2D eigenvalue weighted by molar-refractivity contribution is -0.293. The Hall–Kier alpha value is -4.55. The number of benzene rings is 1. The van der Waals surface area contributed by atoms with E-state index in [-0.39, 0.29) is 30.8 Å². The van der Waals surface area contributed by atoms with Gasteiger partial charge in [0.25, 0.3) is 0 Å². The van der Waals surface area contributed by atoms with Gasteiger partial charge in [0, 0.05) is 62.4 Å². The van der Waals surface area contributed by atoms with Crippen molar-refractivity contribution in [1.29, 1.82) is 0 Å². The fourth-order valence-corrected chi connectivity index (χ4v) is 9.22. The molecule has 4 heterocycles. The molecule has 0 radical (unpaired) electrons. The largest absolute Gasteiger partial charge is 0.458 e. The fraction of sp³-hybridized carbons (Fsp3) is 0.667. The summed E-state index contributed by atoms with van der Waals surface area (Å²) in [5, 5.41) is 17.4. The van der Waals surface area contributed by atoms with Gasteiger partial charge < -0.3 is 39.0 Å². The number of hydrogen-bond acceptors (Lipinski definition) is 15. The summed E-state index contributed by atoms with van der Waals surface area (Å²) in [6.07, 6.45) is -0.676. The van der Waals surface area contributed by atoms with Gasteiger partial charge in [-0.25, -0.2) is 19.6 Å². The first-order chi connectivity index (χ1) is 29.1. The van der Waals surface area contributed by atoms with E-state index in [2.05, 4.69) is 15.3 Å². The number of likely N-dealkylation sites (N-methyl/N-ethyl adjacent to an activating group) is 2. The van der Waals surface area contributed by atoms with E-state index in [9.17, 15) is 29.1 Å². The summed E-state index contributed by atoms with van der Waals surface area (Å²) in [4.78, 5) is 80.6. The molecule has 3 fully saturated rings. The van der Waals surface area contributed by atoms with Crippen molar-refractivity contribution in [2.75, 3.05) is 34.7 Å². The van der Waals surface area contributed by atoms with Crippen LogP contribution in [0.15, 0.2) is 42.9 Å². The first-order valence-corrected chi connectivity index (χ1v) is 21.6. The van der Waals surface area contributed by atoms with Gasteiger partial charge >= 0.3 is 18.2 Å². The number of aliphatic hydroxyl groups is 1. The molecule has 0 spiro atoms. The van der Waals surface area contributed by atoms with Crippen LogP contribution in [-0.4, -0.2) is 148 Å². The highest BCUT2D eigenvalue weighted by Crippen LogP contribution is 2.41. The van der Waals surface area contributed by atoms with Crippen LogP contribution >= 0.6 is 0 Å². The van der Waals surface area contributed by atoms with E-state index in [0.29, 0.717) is 19.4 Å². The summed E-state index contributed by atoms with van der Waals surface area (Å²) in [5.74, 6) is -5.98. The molecule has 0 saturated carbocycles. The number of ether oxygens (including phenoxy) is 5. The maximum absolute atomic E-state index is 14.6. The van der Waals surface area contributed by atoms with Crippen molar-refractivity contribution in [3.8, 4) is 11.3 Å². The number of carbonyl (C=O) groups excluding carboxylic acids is 5. The van der Waals surface area contributed by atoms with Crippen LogP contribution < -0.4 is 5.32 Å². The molecule has 13 atom stereocenters. The Balaban J connectivity index is 1.50. The molecule has 17 nitrogen and oxygen atoms in total. The molecule has 3 aliphatic rings. The van der Waals surface area contributed by atoms with E-state index in [1.165, 1.54) is 11.9 Å². The van der Waals surface area contributed by atoms with Crippen LogP contribution in [0.25, 0.3) is 11.3 Å². The Bertz CT molecular complexity index is 1900. The summed E-state index contributed by atoms with van der Waals surface area (Å²) in [6, 6.07) is 6.60. The topological polar surface area (TPSA) is 199 Å². The lowest BCUT2D eigenvalue weighted by Gasteiger charge is -2.47. The highest BCUT2D eigenvalue weighted by atomic mass is 16.7. The Morgan fingerprint density at radius 3 is 2.26 bits per heavy atom. The number of alkyl carbamates (subject to hydrolysis) is 1. The predicted octanol–water partition coefficient (Wildman–Crippen LogP) is 4.45. The van der Waals surface area contributed by atoms with Gasteiger partial charge in [-0.05, 0) is 73.0 Å². The summed E-state index contributed by atoms with van der Waals surface area (Å²) in [7, 11) is 6.95. The second kappa shape index (κ2) is 19.9. The van der Waals surface area contributed by atoms with Gasteiger partial charge in [-0.2, -0.15) is 0 Å². The van der Waals surface area contributed by atoms with Gasteiger partial charge in [-0.1, -0.05) is 52.0 Å². The molecule has 2 amide bonds. The number of ketones is 2. The van der Waals surface area contributed by atoms with Crippen LogP contribution in [0.2, 0.25) is 0 Å². The first kappa shape index (κ1) is 48.5. The van der Waals surface area contributed by atoms with Crippen molar-refractivity contribution in [2.24, 2.45) is 23.7 Å². The van der Waals surface area contributed by atoms with Gasteiger partial charge in [0.2, 0.25) is 0 Å². The van der Waals surface area contributed by atoms with E-state index in [4.69, 9.17) is 23.7 Å². The number of amides is 2. The molecule has 62 heavy (non-hydrogen) atoms. The van der Waals surface area contributed by atoms with E-state index < -0.39 is 89.5 Å². The monoisotopic (exact) mass is 866 g/mol. The third-order valence-electron chi connectivity index (χ3n) is 13.1. The number of carbonyl (C=O) groups is 5. The number of nitrogens with one attached hydrogen (secondary N) is 1. The summed E-state index contributed by atoms with van der Waals surface area (Å²) >= 11 is 0. The van der Waals surface area contributed by atoms with E-state index in [1.807, 2.05) is 50.2 Å². The fourth-order valence-electron chi connectivity index (χ4n) is 9.22. The van der Waals surface area contributed by atoms with Crippen molar-refractivity contribution in [2.45, 2.75) is 135 Å². The minimum absolute atomic E-state index is 0.149. The first-order valence-electron chi connectivity index (χ1n) is 21.6.